The maximum Gasteiger partial charge on any atom is 0.272 e. The lowest BCUT2D eigenvalue weighted by atomic mass is 9.87. The molecule has 2 aromatic rings. The fourth-order valence-electron chi connectivity index (χ4n) is 3.03. The van der Waals surface area contributed by atoms with Gasteiger partial charge in [-0.1, -0.05) is 31.5 Å². The molecule has 1 unspecified atom stereocenters. The smallest absolute Gasteiger partial charge is 0.272 e. The van der Waals surface area contributed by atoms with Crippen LogP contribution in [0.3, 0.4) is 0 Å². The number of aromatic nitrogens is 2. The molecule has 3 N–H and O–H groups in total. The molecule has 1 aromatic heterocycles. The largest absolute Gasteiger partial charge is 0.399 e. The molecule has 5 nitrogen and oxygen atoms in total. The number of aryl methyl sites for hydroxylation is 1. The highest BCUT2D eigenvalue weighted by molar-refractivity contribution is 6.33. The summed E-state index contributed by atoms with van der Waals surface area (Å²) in [4.78, 5) is 21.2. The molecular weight excluding hydrogens is 324 g/mol. The minimum Gasteiger partial charge on any atom is -0.399 e. The number of carbonyl (C=O) groups is 1. The molecule has 0 aliphatic heterocycles. The molecule has 126 valence electrons. The third-order valence-electron chi connectivity index (χ3n) is 4.28. The summed E-state index contributed by atoms with van der Waals surface area (Å²) in [5.74, 6) is 0.479. The molecule has 1 aromatic carbocycles. The molecule has 1 aliphatic rings. The number of nitrogens with zero attached hydrogens (tertiary/aromatic N) is 2. The van der Waals surface area contributed by atoms with Crippen molar-refractivity contribution in [1.29, 1.82) is 0 Å². The number of nitrogen functional groups attached to an aromatic ring is 1. The van der Waals surface area contributed by atoms with Gasteiger partial charge in [-0.15, -0.1) is 0 Å². The maximum atomic E-state index is 12.7. The van der Waals surface area contributed by atoms with E-state index < -0.39 is 0 Å². The van der Waals surface area contributed by atoms with E-state index in [1.54, 1.807) is 0 Å². The van der Waals surface area contributed by atoms with Gasteiger partial charge >= 0.3 is 0 Å². The van der Waals surface area contributed by atoms with Crippen molar-refractivity contribution in [2.45, 2.75) is 45.1 Å². The Morgan fingerprint density at radius 1 is 1.42 bits per heavy atom. The number of anilines is 1. The number of hydrogen-bond donors (Lipinski definition) is 2. The Hall–Kier alpha value is -2.14. The molecule has 1 heterocycles. The number of rotatable bonds is 3. The summed E-state index contributed by atoms with van der Waals surface area (Å²) in [6.07, 6.45) is 4.38. The average molecular weight is 345 g/mol. The van der Waals surface area contributed by atoms with Gasteiger partial charge in [0.2, 0.25) is 0 Å². The SMILES string of the molecule is CC(C)c1ncc(Cl)c(C(=O)NC2CCCc3cc(N)ccc32)n1. The highest BCUT2D eigenvalue weighted by Gasteiger charge is 2.24. The van der Waals surface area contributed by atoms with Crippen molar-refractivity contribution in [3.05, 3.63) is 52.1 Å². The van der Waals surface area contributed by atoms with Crippen LogP contribution in [0.15, 0.2) is 24.4 Å². The number of nitrogens with two attached hydrogens (primary N) is 1. The molecule has 1 aliphatic carbocycles. The van der Waals surface area contributed by atoms with Gasteiger partial charge in [-0.2, -0.15) is 0 Å². The van der Waals surface area contributed by atoms with Gasteiger partial charge in [0.25, 0.3) is 5.91 Å². The third kappa shape index (κ3) is 3.36. The Labute approximate surface area is 146 Å². The highest BCUT2D eigenvalue weighted by Crippen LogP contribution is 2.31. The van der Waals surface area contributed by atoms with Crippen molar-refractivity contribution in [3.8, 4) is 0 Å². The second kappa shape index (κ2) is 6.77. The van der Waals surface area contributed by atoms with Crippen LogP contribution in [0.4, 0.5) is 5.69 Å². The molecular formula is C18H21ClN4O. The van der Waals surface area contributed by atoms with Gasteiger partial charge in [-0.05, 0) is 42.5 Å². The average Bonchev–Trinajstić information content (AvgIpc) is 2.54. The molecule has 3 rings (SSSR count). The van der Waals surface area contributed by atoms with Crippen LogP contribution in [0, 0.1) is 0 Å². The van der Waals surface area contributed by atoms with Crippen LogP contribution in [0.2, 0.25) is 5.02 Å². The standard InChI is InChI=1S/C18H21ClN4O/c1-10(2)17-21-9-14(19)16(23-17)18(24)22-15-5-3-4-11-8-12(20)6-7-13(11)15/h6-10,15H,3-5,20H2,1-2H3,(H,22,24). The second-order valence-electron chi connectivity index (χ2n) is 6.46. The first-order valence-corrected chi connectivity index (χ1v) is 8.55. The van der Waals surface area contributed by atoms with E-state index in [2.05, 4.69) is 15.3 Å². The fraction of sp³-hybridized carbons (Fsp3) is 0.389. The monoisotopic (exact) mass is 344 g/mol. The molecule has 0 saturated heterocycles. The van der Waals surface area contributed by atoms with E-state index in [1.807, 2.05) is 32.0 Å². The molecule has 1 atom stereocenters. The fourth-order valence-corrected chi connectivity index (χ4v) is 3.21. The Balaban J connectivity index is 1.85. The third-order valence-corrected chi connectivity index (χ3v) is 4.56. The Morgan fingerprint density at radius 3 is 2.96 bits per heavy atom. The van der Waals surface area contributed by atoms with E-state index in [4.69, 9.17) is 17.3 Å². The van der Waals surface area contributed by atoms with Crippen molar-refractivity contribution in [2.24, 2.45) is 0 Å². The second-order valence-corrected chi connectivity index (χ2v) is 6.86. The van der Waals surface area contributed by atoms with Crippen LogP contribution < -0.4 is 11.1 Å². The van der Waals surface area contributed by atoms with Crippen molar-refractivity contribution in [2.75, 3.05) is 5.73 Å². The van der Waals surface area contributed by atoms with E-state index in [-0.39, 0.29) is 28.6 Å². The van der Waals surface area contributed by atoms with Gasteiger partial charge in [0.15, 0.2) is 0 Å². The quantitative estimate of drug-likeness (QED) is 0.833. The van der Waals surface area contributed by atoms with Crippen LogP contribution in [-0.2, 0) is 6.42 Å². The van der Waals surface area contributed by atoms with E-state index >= 15 is 0 Å². The van der Waals surface area contributed by atoms with Crippen molar-refractivity contribution in [3.63, 3.8) is 0 Å². The van der Waals surface area contributed by atoms with Gasteiger partial charge in [0.1, 0.15) is 11.5 Å². The first kappa shape index (κ1) is 16.7. The summed E-state index contributed by atoms with van der Waals surface area (Å²) in [6.45, 7) is 3.96. The van der Waals surface area contributed by atoms with Crippen molar-refractivity contribution in [1.82, 2.24) is 15.3 Å². The number of amides is 1. The predicted molar refractivity (Wildman–Crippen MR) is 95.1 cm³/mol. The Kier molecular flexibility index (Phi) is 4.71. The van der Waals surface area contributed by atoms with E-state index in [0.717, 1.165) is 30.5 Å². The Morgan fingerprint density at radius 2 is 2.21 bits per heavy atom. The lowest BCUT2D eigenvalue weighted by molar-refractivity contribution is 0.0927. The molecule has 0 spiro atoms. The van der Waals surface area contributed by atoms with Gasteiger partial charge in [0.05, 0.1) is 17.3 Å². The predicted octanol–water partition coefficient (Wildman–Crippen LogP) is 3.64. The summed E-state index contributed by atoms with van der Waals surface area (Å²) < 4.78 is 0. The summed E-state index contributed by atoms with van der Waals surface area (Å²) in [5, 5.41) is 3.33. The van der Waals surface area contributed by atoms with E-state index in [9.17, 15) is 4.79 Å². The van der Waals surface area contributed by atoms with Gasteiger partial charge < -0.3 is 11.1 Å². The van der Waals surface area contributed by atoms with E-state index in [0.29, 0.717) is 5.82 Å². The van der Waals surface area contributed by atoms with Gasteiger partial charge in [-0.25, -0.2) is 9.97 Å². The minimum atomic E-state index is -0.265. The van der Waals surface area contributed by atoms with Crippen molar-refractivity contribution >= 4 is 23.2 Å². The number of halogens is 1. The van der Waals surface area contributed by atoms with Crippen LogP contribution in [0.25, 0.3) is 0 Å². The number of nitrogens with one attached hydrogen (secondary N) is 1. The molecule has 0 fully saturated rings. The van der Waals surface area contributed by atoms with Gasteiger partial charge in [-0.3, -0.25) is 4.79 Å². The number of benzene rings is 1. The molecule has 1 amide bonds. The minimum absolute atomic E-state index is 0.0459. The first-order chi connectivity index (χ1) is 11.5. The van der Waals surface area contributed by atoms with E-state index in [1.165, 1.54) is 11.8 Å². The summed E-state index contributed by atoms with van der Waals surface area (Å²) in [7, 11) is 0. The zero-order valence-electron chi connectivity index (χ0n) is 13.8. The van der Waals surface area contributed by atoms with Gasteiger partial charge in [0, 0.05) is 11.6 Å². The lowest BCUT2D eigenvalue weighted by Crippen LogP contribution is -2.32. The Bertz CT molecular complexity index is 776. The molecule has 24 heavy (non-hydrogen) atoms. The number of carbonyl (C=O) groups excluding carboxylic acids is 1. The number of hydrogen-bond acceptors (Lipinski definition) is 4. The summed E-state index contributed by atoms with van der Waals surface area (Å²) >= 11 is 6.13. The molecule has 0 radical (unpaired) electrons. The topological polar surface area (TPSA) is 80.9 Å². The normalized spacial score (nSPS) is 16.8. The summed E-state index contributed by atoms with van der Waals surface area (Å²) in [6, 6.07) is 5.81. The molecule has 6 heteroatoms. The van der Waals surface area contributed by atoms with Crippen molar-refractivity contribution < 1.29 is 4.79 Å². The first-order valence-electron chi connectivity index (χ1n) is 8.17. The zero-order chi connectivity index (χ0) is 17.3. The molecule has 0 bridgehead atoms. The zero-order valence-corrected chi connectivity index (χ0v) is 14.6. The summed E-state index contributed by atoms with van der Waals surface area (Å²) in [5.41, 5.74) is 9.17. The van der Waals surface area contributed by atoms with Crippen LogP contribution in [0.5, 0.6) is 0 Å². The number of fused-ring (bicyclic) bond motifs is 1. The molecule has 0 saturated carbocycles. The van der Waals surface area contributed by atoms with Crippen LogP contribution in [-0.4, -0.2) is 15.9 Å². The maximum absolute atomic E-state index is 12.7. The highest BCUT2D eigenvalue weighted by atomic mass is 35.5. The van der Waals surface area contributed by atoms with Crippen LogP contribution in [0.1, 0.15) is 66.1 Å². The lowest BCUT2D eigenvalue weighted by Gasteiger charge is -2.26. The van der Waals surface area contributed by atoms with Crippen LogP contribution >= 0.6 is 11.6 Å².